The Kier molecular flexibility index (Phi) is 7.06. The summed E-state index contributed by atoms with van der Waals surface area (Å²) in [6, 6.07) is 7.14. The lowest BCUT2D eigenvalue weighted by Gasteiger charge is -2.29. The molecule has 152 valence electrons. The molecule has 28 heavy (non-hydrogen) atoms. The Balaban J connectivity index is 2.26. The van der Waals surface area contributed by atoms with Gasteiger partial charge in [-0.2, -0.15) is 0 Å². The van der Waals surface area contributed by atoms with Crippen molar-refractivity contribution in [2.75, 3.05) is 7.11 Å². The molecule has 0 spiro atoms. The van der Waals surface area contributed by atoms with Gasteiger partial charge in [-0.05, 0) is 44.5 Å². The summed E-state index contributed by atoms with van der Waals surface area (Å²) < 4.78 is 15.2. The van der Waals surface area contributed by atoms with E-state index in [0.29, 0.717) is 5.56 Å². The molecule has 1 heterocycles. The molecule has 8 nitrogen and oxygen atoms in total. The number of carbonyl (C=O) groups excluding carboxylic acids is 2. The number of ether oxygens (including phenoxy) is 2. The molecular weight excluding hydrogens is 366 g/mol. The Morgan fingerprint density at radius 1 is 1.14 bits per heavy atom. The van der Waals surface area contributed by atoms with Crippen molar-refractivity contribution in [2.24, 2.45) is 0 Å². The summed E-state index contributed by atoms with van der Waals surface area (Å²) in [4.78, 5) is 30.0. The second kappa shape index (κ2) is 9.27. The monoisotopic (exact) mass is 391 g/mol. The van der Waals surface area contributed by atoms with E-state index in [1.807, 2.05) is 0 Å². The fourth-order valence-corrected chi connectivity index (χ4v) is 2.43. The van der Waals surface area contributed by atoms with Crippen LogP contribution in [-0.2, 0) is 32.1 Å². The zero-order chi connectivity index (χ0) is 20.7. The molecule has 1 aromatic heterocycles. The zero-order valence-electron chi connectivity index (χ0n) is 16.4. The van der Waals surface area contributed by atoms with Crippen molar-refractivity contribution in [2.45, 2.75) is 45.4 Å². The Morgan fingerprint density at radius 2 is 1.82 bits per heavy atom. The lowest BCUT2D eigenvalue weighted by atomic mass is 10.1. The number of furan rings is 1. The van der Waals surface area contributed by atoms with Crippen LogP contribution in [0.5, 0.6) is 5.75 Å². The SMILES string of the molecule is COC(=O)[C@H](Cc1ccc(O)cc1)N(Cc1ccoc1)OC(=O)OC(C)(C)C. The molecule has 0 saturated carbocycles. The number of rotatable bonds is 7. The van der Waals surface area contributed by atoms with E-state index in [1.54, 1.807) is 39.0 Å². The fraction of sp³-hybridized carbons (Fsp3) is 0.400. The van der Waals surface area contributed by atoms with Gasteiger partial charge in [-0.1, -0.05) is 12.1 Å². The number of aromatic hydroxyl groups is 1. The molecule has 0 saturated heterocycles. The van der Waals surface area contributed by atoms with Crippen LogP contribution in [-0.4, -0.2) is 41.0 Å². The minimum absolute atomic E-state index is 0.0909. The highest BCUT2D eigenvalue weighted by Crippen LogP contribution is 2.19. The van der Waals surface area contributed by atoms with Gasteiger partial charge in [0.1, 0.15) is 17.4 Å². The highest BCUT2D eigenvalue weighted by atomic mass is 16.8. The van der Waals surface area contributed by atoms with Crippen LogP contribution in [0.2, 0.25) is 0 Å². The Morgan fingerprint density at radius 3 is 2.36 bits per heavy atom. The summed E-state index contributed by atoms with van der Waals surface area (Å²) in [5, 5.41) is 10.7. The van der Waals surface area contributed by atoms with Gasteiger partial charge in [-0.25, -0.2) is 4.79 Å². The normalized spacial score (nSPS) is 12.5. The first kappa shape index (κ1) is 21.3. The first-order valence-corrected chi connectivity index (χ1v) is 8.72. The predicted molar refractivity (Wildman–Crippen MR) is 99.2 cm³/mol. The third kappa shape index (κ3) is 6.62. The van der Waals surface area contributed by atoms with Gasteiger partial charge in [0, 0.05) is 12.0 Å². The van der Waals surface area contributed by atoms with Crippen LogP contribution in [0.25, 0.3) is 0 Å². The van der Waals surface area contributed by atoms with Crippen molar-refractivity contribution in [3.8, 4) is 5.75 Å². The van der Waals surface area contributed by atoms with Crippen LogP contribution < -0.4 is 0 Å². The van der Waals surface area contributed by atoms with E-state index in [1.165, 1.54) is 36.8 Å². The maximum Gasteiger partial charge on any atom is 0.528 e. The molecule has 0 radical (unpaired) electrons. The van der Waals surface area contributed by atoms with Crippen molar-refractivity contribution >= 4 is 12.1 Å². The molecule has 1 N–H and O–H groups in total. The van der Waals surface area contributed by atoms with Crippen LogP contribution >= 0.6 is 0 Å². The summed E-state index contributed by atoms with van der Waals surface area (Å²) in [7, 11) is 1.26. The second-order valence-electron chi connectivity index (χ2n) is 7.17. The quantitative estimate of drug-likeness (QED) is 0.566. The van der Waals surface area contributed by atoms with Gasteiger partial charge in [0.25, 0.3) is 0 Å². The largest absolute Gasteiger partial charge is 0.528 e. The van der Waals surface area contributed by atoms with Gasteiger partial charge in [0.2, 0.25) is 0 Å². The van der Waals surface area contributed by atoms with Gasteiger partial charge in [-0.15, -0.1) is 5.06 Å². The molecule has 8 heteroatoms. The number of esters is 1. The molecular formula is C20H25NO7. The standard InChI is InChI=1S/C20H25NO7/c1-20(2,3)27-19(24)28-21(12-15-9-10-26-13-15)17(18(23)25-4)11-14-5-7-16(22)8-6-14/h5-10,13,17,22H,11-12H2,1-4H3/t17-/m0/s1. The molecule has 1 atom stereocenters. The molecule has 0 bridgehead atoms. The number of nitrogens with zero attached hydrogens (tertiary/aromatic N) is 1. The molecule has 2 rings (SSSR count). The van der Waals surface area contributed by atoms with Gasteiger partial charge in [0.15, 0.2) is 0 Å². The summed E-state index contributed by atoms with van der Waals surface area (Å²) >= 11 is 0. The Hall–Kier alpha value is -3.00. The smallest absolute Gasteiger partial charge is 0.508 e. The van der Waals surface area contributed by atoms with Crippen LogP contribution in [0.4, 0.5) is 4.79 Å². The summed E-state index contributed by atoms with van der Waals surface area (Å²) in [5.41, 5.74) is 0.692. The molecule has 0 unspecified atom stereocenters. The van der Waals surface area contributed by atoms with Crippen LogP contribution in [0.1, 0.15) is 31.9 Å². The molecule has 0 fully saturated rings. The molecule has 0 amide bonds. The van der Waals surface area contributed by atoms with Crippen molar-refractivity contribution in [3.63, 3.8) is 0 Å². The van der Waals surface area contributed by atoms with E-state index >= 15 is 0 Å². The van der Waals surface area contributed by atoms with Crippen molar-refractivity contribution < 1.29 is 33.4 Å². The number of hydroxylamine groups is 2. The molecule has 2 aromatic rings. The predicted octanol–water partition coefficient (Wildman–Crippen LogP) is 3.44. The third-order valence-corrected chi connectivity index (χ3v) is 3.69. The zero-order valence-corrected chi connectivity index (χ0v) is 16.4. The number of phenols is 1. The molecule has 1 aromatic carbocycles. The highest BCUT2D eigenvalue weighted by molar-refractivity contribution is 5.76. The van der Waals surface area contributed by atoms with Gasteiger partial charge < -0.3 is 23.8 Å². The lowest BCUT2D eigenvalue weighted by molar-refractivity contribution is -0.190. The van der Waals surface area contributed by atoms with E-state index in [0.717, 1.165) is 5.56 Å². The fourth-order valence-electron chi connectivity index (χ4n) is 2.43. The van der Waals surface area contributed by atoms with Crippen LogP contribution in [0.15, 0.2) is 47.3 Å². The number of hydrogen-bond acceptors (Lipinski definition) is 8. The minimum Gasteiger partial charge on any atom is -0.508 e. The van der Waals surface area contributed by atoms with E-state index in [2.05, 4.69) is 0 Å². The summed E-state index contributed by atoms with van der Waals surface area (Å²) in [6.07, 6.45) is 2.22. The highest BCUT2D eigenvalue weighted by Gasteiger charge is 2.32. The van der Waals surface area contributed by atoms with Crippen LogP contribution in [0, 0.1) is 0 Å². The maximum absolute atomic E-state index is 12.5. The summed E-state index contributed by atoms with van der Waals surface area (Å²) in [6.45, 7) is 5.22. The van der Waals surface area contributed by atoms with Crippen molar-refractivity contribution in [1.29, 1.82) is 0 Å². The number of hydrogen-bond donors (Lipinski definition) is 1. The number of benzene rings is 1. The first-order valence-electron chi connectivity index (χ1n) is 8.72. The molecule has 0 aliphatic heterocycles. The van der Waals surface area contributed by atoms with E-state index < -0.39 is 23.8 Å². The minimum atomic E-state index is -0.935. The molecule has 0 aliphatic rings. The number of methoxy groups -OCH3 is 1. The van der Waals surface area contributed by atoms with Crippen LogP contribution in [0.3, 0.4) is 0 Å². The average molecular weight is 391 g/mol. The number of phenolic OH excluding ortho intramolecular Hbond substituents is 1. The van der Waals surface area contributed by atoms with Crippen molar-refractivity contribution in [3.05, 3.63) is 54.0 Å². The Labute approximate surface area is 163 Å². The topological polar surface area (TPSA) is 98.4 Å². The lowest BCUT2D eigenvalue weighted by Crippen LogP contribution is -2.45. The van der Waals surface area contributed by atoms with Crippen molar-refractivity contribution in [1.82, 2.24) is 5.06 Å². The molecule has 0 aliphatic carbocycles. The second-order valence-corrected chi connectivity index (χ2v) is 7.17. The maximum atomic E-state index is 12.5. The summed E-state index contributed by atoms with van der Waals surface area (Å²) in [5.74, 6) is -0.473. The van der Waals surface area contributed by atoms with E-state index in [9.17, 15) is 14.7 Å². The van der Waals surface area contributed by atoms with Gasteiger partial charge in [-0.3, -0.25) is 4.79 Å². The average Bonchev–Trinajstić information content (AvgIpc) is 3.11. The first-order chi connectivity index (χ1) is 13.2. The number of carbonyl (C=O) groups is 2. The Bertz CT molecular complexity index is 763. The van der Waals surface area contributed by atoms with E-state index in [4.69, 9.17) is 18.7 Å². The van der Waals surface area contributed by atoms with E-state index in [-0.39, 0.29) is 18.7 Å². The van der Waals surface area contributed by atoms with Gasteiger partial charge >= 0.3 is 12.1 Å². The van der Waals surface area contributed by atoms with Gasteiger partial charge in [0.05, 0.1) is 26.2 Å². The third-order valence-electron chi connectivity index (χ3n) is 3.69.